The molecule has 2 aromatic carbocycles. The molecular formula is C20H24N2O2. The van der Waals surface area contributed by atoms with Crippen molar-refractivity contribution in [2.75, 3.05) is 33.4 Å². The summed E-state index contributed by atoms with van der Waals surface area (Å²) in [5.74, 6) is 0.194. The van der Waals surface area contributed by atoms with E-state index in [1.165, 1.54) is 11.1 Å². The van der Waals surface area contributed by atoms with Crippen LogP contribution in [0.2, 0.25) is 0 Å². The average molecular weight is 324 g/mol. The fourth-order valence-corrected chi connectivity index (χ4v) is 3.19. The van der Waals surface area contributed by atoms with Crippen molar-refractivity contribution in [3.8, 4) is 0 Å². The molecule has 4 nitrogen and oxygen atoms in total. The molecule has 0 bridgehead atoms. The molecule has 0 aromatic heterocycles. The standard InChI is InChI=1S/C20H24N2O2/c1-24-13-12-21-20(23)18-14-22(15-18)19(16-8-4-2-5-9-16)17-10-6-3-7-11-17/h2-11,18-19H,12-15H2,1H3,(H,21,23). The SMILES string of the molecule is COCCNC(=O)C1CN(C(c2ccccc2)c2ccccc2)C1. The van der Waals surface area contributed by atoms with E-state index < -0.39 is 0 Å². The van der Waals surface area contributed by atoms with E-state index in [1.807, 2.05) is 12.1 Å². The lowest BCUT2D eigenvalue weighted by Gasteiger charge is -2.44. The molecule has 1 saturated heterocycles. The third-order valence-electron chi connectivity index (χ3n) is 4.48. The lowest BCUT2D eigenvalue weighted by atomic mass is 9.90. The molecule has 1 aliphatic heterocycles. The van der Waals surface area contributed by atoms with Gasteiger partial charge in [-0.05, 0) is 11.1 Å². The van der Waals surface area contributed by atoms with Gasteiger partial charge >= 0.3 is 0 Å². The van der Waals surface area contributed by atoms with Gasteiger partial charge in [0, 0.05) is 26.7 Å². The Labute approximate surface area is 143 Å². The minimum absolute atomic E-state index is 0.0665. The lowest BCUT2D eigenvalue weighted by Crippen LogP contribution is -2.55. The Morgan fingerprint density at radius 2 is 1.62 bits per heavy atom. The summed E-state index contributed by atoms with van der Waals surface area (Å²) in [6.07, 6.45) is 0. The van der Waals surface area contributed by atoms with E-state index in [-0.39, 0.29) is 17.9 Å². The summed E-state index contributed by atoms with van der Waals surface area (Å²) >= 11 is 0. The Morgan fingerprint density at radius 1 is 1.08 bits per heavy atom. The zero-order valence-corrected chi connectivity index (χ0v) is 14.0. The van der Waals surface area contributed by atoms with Crippen molar-refractivity contribution in [3.05, 3.63) is 71.8 Å². The van der Waals surface area contributed by atoms with Crippen LogP contribution in [-0.4, -0.2) is 44.2 Å². The number of methoxy groups -OCH3 is 1. The first-order valence-corrected chi connectivity index (χ1v) is 8.40. The van der Waals surface area contributed by atoms with Gasteiger partial charge in [0.05, 0.1) is 18.6 Å². The highest BCUT2D eigenvalue weighted by molar-refractivity contribution is 5.80. The van der Waals surface area contributed by atoms with Crippen LogP contribution in [0.1, 0.15) is 17.2 Å². The Kier molecular flexibility index (Phi) is 5.62. The van der Waals surface area contributed by atoms with Crippen molar-refractivity contribution in [2.24, 2.45) is 5.92 Å². The number of hydrogen-bond donors (Lipinski definition) is 1. The fraction of sp³-hybridized carbons (Fsp3) is 0.350. The smallest absolute Gasteiger partial charge is 0.225 e. The monoisotopic (exact) mass is 324 g/mol. The van der Waals surface area contributed by atoms with E-state index in [9.17, 15) is 4.79 Å². The maximum absolute atomic E-state index is 12.1. The quantitative estimate of drug-likeness (QED) is 0.796. The Morgan fingerprint density at radius 3 is 2.12 bits per heavy atom. The van der Waals surface area contributed by atoms with E-state index in [0.717, 1.165) is 13.1 Å². The summed E-state index contributed by atoms with van der Waals surface area (Å²) in [4.78, 5) is 14.5. The topological polar surface area (TPSA) is 41.6 Å². The predicted molar refractivity (Wildman–Crippen MR) is 94.7 cm³/mol. The number of nitrogens with one attached hydrogen (secondary N) is 1. The molecule has 0 aliphatic carbocycles. The Balaban J connectivity index is 1.67. The number of amides is 1. The van der Waals surface area contributed by atoms with E-state index in [2.05, 4.69) is 58.7 Å². The summed E-state index contributed by atoms with van der Waals surface area (Å²) in [7, 11) is 1.64. The first-order valence-electron chi connectivity index (χ1n) is 8.40. The molecule has 0 radical (unpaired) electrons. The number of hydrogen-bond acceptors (Lipinski definition) is 3. The molecule has 1 fully saturated rings. The van der Waals surface area contributed by atoms with Gasteiger partial charge in [-0.15, -0.1) is 0 Å². The fourth-order valence-electron chi connectivity index (χ4n) is 3.19. The maximum atomic E-state index is 12.1. The number of carbonyl (C=O) groups is 1. The van der Waals surface area contributed by atoms with Gasteiger partial charge in [-0.3, -0.25) is 9.69 Å². The van der Waals surface area contributed by atoms with Crippen LogP contribution in [0.4, 0.5) is 0 Å². The highest BCUT2D eigenvalue weighted by Crippen LogP contribution is 2.34. The van der Waals surface area contributed by atoms with Crippen molar-refractivity contribution in [3.63, 3.8) is 0 Å². The minimum atomic E-state index is 0.0665. The third kappa shape index (κ3) is 3.83. The first-order chi connectivity index (χ1) is 11.8. The second kappa shape index (κ2) is 8.08. The van der Waals surface area contributed by atoms with Crippen LogP contribution in [0.25, 0.3) is 0 Å². The normalized spacial score (nSPS) is 15.2. The van der Waals surface area contributed by atoms with Crippen molar-refractivity contribution in [2.45, 2.75) is 6.04 Å². The largest absolute Gasteiger partial charge is 0.383 e. The highest BCUT2D eigenvalue weighted by atomic mass is 16.5. The Bertz CT molecular complexity index is 600. The van der Waals surface area contributed by atoms with Gasteiger partial charge in [-0.25, -0.2) is 0 Å². The molecule has 0 unspecified atom stereocenters. The zero-order valence-electron chi connectivity index (χ0n) is 14.0. The van der Waals surface area contributed by atoms with Crippen LogP contribution in [0.5, 0.6) is 0 Å². The van der Waals surface area contributed by atoms with E-state index in [1.54, 1.807) is 7.11 Å². The van der Waals surface area contributed by atoms with Crippen molar-refractivity contribution < 1.29 is 9.53 Å². The van der Waals surface area contributed by atoms with Gasteiger partial charge in [0.25, 0.3) is 0 Å². The zero-order chi connectivity index (χ0) is 16.8. The predicted octanol–water partition coefficient (Wildman–Crippen LogP) is 2.47. The minimum Gasteiger partial charge on any atom is -0.383 e. The Hall–Kier alpha value is -2.17. The molecular weight excluding hydrogens is 300 g/mol. The van der Waals surface area contributed by atoms with E-state index in [4.69, 9.17) is 4.74 Å². The first kappa shape index (κ1) is 16.7. The summed E-state index contributed by atoms with van der Waals surface area (Å²) < 4.78 is 4.97. The number of carbonyl (C=O) groups excluding carboxylic acids is 1. The summed E-state index contributed by atoms with van der Waals surface area (Å²) in [6.45, 7) is 2.70. The van der Waals surface area contributed by atoms with Crippen LogP contribution in [0, 0.1) is 5.92 Å². The lowest BCUT2D eigenvalue weighted by molar-refractivity contribution is -0.131. The second-order valence-electron chi connectivity index (χ2n) is 6.16. The van der Waals surface area contributed by atoms with Crippen molar-refractivity contribution in [1.29, 1.82) is 0 Å². The molecule has 4 heteroatoms. The van der Waals surface area contributed by atoms with Crippen LogP contribution < -0.4 is 5.32 Å². The molecule has 24 heavy (non-hydrogen) atoms. The molecule has 1 heterocycles. The number of nitrogens with zero attached hydrogens (tertiary/aromatic N) is 1. The van der Waals surface area contributed by atoms with E-state index in [0.29, 0.717) is 13.2 Å². The molecule has 126 valence electrons. The van der Waals surface area contributed by atoms with Crippen LogP contribution in [0.15, 0.2) is 60.7 Å². The number of likely N-dealkylation sites (tertiary alicyclic amines) is 1. The van der Waals surface area contributed by atoms with E-state index >= 15 is 0 Å². The summed E-state index contributed by atoms with van der Waals surface area (Å²) in [5, 5.41) is 2.93. The van der Waals surface area contributed by atoms with Gasteiger partial charge < -0.3 is 10.1 Å². The molecule has 2 aromatic rings. The molecule has 0 atom stereocenters. The summed E-state index contributed by atoms with van der Waals surface area (Å²) in [5.41, 5.74) is 2.53. The van der Waals surface area contributed by atoms with Gasteiger partial charge in [0.1, 0.15) is 0 Å². The third-order valence-corrected chi connectivity index (χ3v) is 4.48. The van der Waals surface area contributed by atoms with Crippen molar-refractivity contribution >= 4 is 5.91 Å². The van der Waals surface area contributed by atoms with Gasteiger partial charge in [-0.2, -0.15) is 0 Å². The van der Waals surface area contributed by atoms with Crippen LogP contribution in [0.3, 0.4) is 0 Å². The maximum Gasteiger partial charge on any atom is 0.225 e. The molecule has 3 rings (SSSR count). The van der Waals surface area contributed by atoms with Crippen molar-refractivity contribution in [1.82, 2.24) is 10.2 Å². The number of benzene rings is 2. The molecule has 0 spiro atoms. The number of ether oxygens (including phenoxy) is 1. The number of rotatable bonds is 7. The van der Waals surface area contributed by atoms with Gasteiger partial charge in [0.15, 0.2) is 0 Å². The second-order valence-corrected chi connectivity index (χ2v) is 6.16. The molecule has 0 saturated carbocycles. The van der Waals surface area contributed by atoms with Gasteiger partial charge in [-0.1, -0.05) is 60.7 Å². The van der Waals surface area contributed by atoms with Crippen LogP contribution in [-0.2, 0) is 9.53 Å². The molecule has 1 amide bonds. The summed E-state index contributed by atoms with van der Waals surface area (Å²) in [6, 6.07) is 21.2. The molecule has 1 aliphatic rings. The van der Waals surface area contributed by atoms with Gasteiger partial charge in [0.2, 0.25) is 5.91 Å². The average Bonchev–Trinajstić information content (AvgIpc) is 2.59. The highest BCUT2D eigenvalue weighted by Gasteiger charge is 2.37. The molecule has 1 N–H and O–H groups in total. The van der Waals surface area contributed by atoms with Crippen LogP contribution >= 0.6 is 0 Å².